The van der Waals surface area contributed by atoms with Crippen LogP contribution < -0.4 is 5.32 Å². The van der Waals surface area contributed by atoms with Gasteiger partial charge in [0.2, 0.25) is 0 Å². The Labute approximate surface area is 121 Å². The number of hydrogen-bond acceptors (Lipinski definition) is 4. The number of anilines is 1. The van der Waals surface area contributed by atoms with Gasteiger partial charge in [0.05, 0.1) is 5.69 Å². The zero-order chi connectivity index (χ0) is 13.7. The van der Waals surface area contributed by atoms with Crippen LogP contribution in [0, 0.1) is 0 Å². The molecule has 0 atom stereocenters. The van der Waals surface area contributed by atoms with E-state index in [2.05, 4.69) is 31.2 Å². The number of halogens is 1. The first kappa shape index (κ1) is 14.0. The summed E-state index contributed by atoms with van der Waals surface area (Å²) in [6.45, 7) is 3.03. The van der Waals surface area contributed by atoms with Crippen molar-refractivity contribution in [2.24, 2.45) is 0 Å². The smallest absolute Gasteiger partial charge is 0.157 e. The van der Waals surface area contributed by atoms with Gasteiger partial charge in [-0.25, -0.2) is 9.97 Å². The molecule has 100 valence electrons. The second-order valence-electron chi connectivity index (χ2n) is 3.92. The molecule has 0 saturated heterocycles. The number of aromatic nitrogens is 2. The van der Waals surface area contributed by atoms with Crippen LogP contribution in [0.1, 0.15) is 12.7 Å². The fourth-order valence-electron chi connectivity index (χ4n) is 1.69. The minimum absolute atomic E-state index is 0.420. The van der Waals surface area contributed by atoms with Crippen LogP contribution in [-0.2, 0) is 11.3 Å². The van der Waals surface area contributed by atoms with Crippen molar-refractivity contribution in [1.82, 2.24) is 9.97 Å². The SMILES string of the molecule is CCOCc1nc(NC)cc(-c2ccccc2Br)n1. The van der Waals surface area contributed by atoms with E-state index >= 15 is 0 Å². The number of hydrogen-bond donors (Lipinski definition) is 1. The highest BCUT2D eigenvalue weighted by Crippen LogP contribution is 2.27. The van der Waals surface area contributed by atoms with Crippen LogP contribution in [0.2, 0.25) is 0 Å². The summed E-state index contributed by atoms with van der Waals surface area (Å²) in [4.78, 5) is 8.93. The molecule has 5 heteroatoms. The summed E-state index contributed by atoms with van der Waals surface area (Å²) in [5.74, 6) is 1.47. The van der Waals surface area contributed by atoms with Crippen molar-refractivity contribution in [2.45, 2.75) is 13.5 Å². The average Bonchev–Trinajstić information content (AvgIpc) is 2.45. The van der Waals surface area contributed by atoms with Crippen molar-refractivity contribution in [1.29, 1.82) is 0 Å². The van der Waals surface area contributed by atoms with E-state index in [0.29, 0.717) is 19.0 Å². The lowest BCUT2D eigenvalue weighted by Crippen LogP contribution is -2.04. The highest BCUT2D eigenvalue weighted by molar-refractivity contribution is 9.10. The molecule has 1 aromatic carbocycles. The van der Waals surface area contributed by atoms with E-state index in [-0.39, 0.29) is 0 Å². The molecule has 0 radical (unpaired) electrons. The molecule has 0 fully saturated rings. The monoisotopic (exact) mass is 321 g/mol. The van der Waals surface area contributed by atoms with E-state index in [4.69, 9.17) is 4.74 Å². The molecule has 0 bridgehead atoms. The van der Waals surface area contributed by atoms with Crippen molar-refractivity contribution < 1.29 is 4.74 Å². The van der Waals surface area contributed by atoms with Gasteiger partial charge in [-0.05, 0) is 13.0 Å². The average molecular weight is 322 g/mol. The summed E-state index contributed by atoms with van der Waals surface area (Å²) in [5.41, 5.74) is 1.92. The largest absolute Gasteiger partial charge is 0.374 e. The number of ether oxygens (including phenoxy) is 1. The summed E-state index contributed by atoms with van der Waals surface area (Å²) >= 11 is 3.54. The molecule has 0 amide bonds. The van der Waals surface area contributed by atoms with Gasteiger partial charge in [0.15, 0.2) is 5.82 Å². The van der Waals surface area contributed by atoms with Crippen molar-refractivity contribution in [2.75, 3.05) is 19.0 Å². The number of nitrogens with one attached hydrogen (secondary N) is 1. The van der Waals surface area contributed by atoms with Crippen molar-refractivity contribution in [3.63, 3.8) is 0 Å². The second-order valence-corrected chi connectivity index (χ2v) is 4.78. The maximum absolute atomic E-state index is 5.38. The Morgan fingerprint density at radius 1 is 1.26 bits per heavy atom. The summed E-state index contributed by atoms with van der Waals surface area (Å²) in [6, 6.07) is 9.92. The molecule has 1 N–H and O–H groups in total. The molecule has 0 aliphatic rings. The van der Waals surface area contributed by atoms with Crippen molar-refractivity contribution in [3.05, 3.63) is 40.6 Å². The van der Waals surface area contributed by atoms with Gasteiger partial charge in [0.1, 0.15) is 12.4 Å². The number of rotatable bonds is 5. The number of benzene rings is 1. The quantitative estimate of drug-likeness (QED) is 0.915. The van der Waals surface area contributed by atoms with Crippen LogP contribution >= 0.6 is 15.9 Å². The van der Waals surface area contributed by atoms with Crippen molar-refractivity contribution in [3.8, 4) is 11.3 Å². The minimum atomic E-state index is 0.420. The third-order valence-electron chi connectivity index (χ3n) is 2.61. The van der Waals surface area contributed by atoms with Crippen LogP contribution in [0.15, 0.2) is 34.8 Å². The Morgan fingerprint density at radius 2 is 2.05 bits per heavy atom. The molecule has 4 nitrogen and oxygen atoms in total. The normalized spacial score (nSPS) is 10.5. The Kier molecular flexibility index (Phi) is 4.87. The third kappa shape index (κ3) is 3.52. The van der Waals surface area contributed by atoms with E-state index < -0.39 is 0 Å². The van der Waals surface area contributed by atoms with Gasteiger partial charge in [0, 0.05) is 29.8 Å². The molecule has 0 unspecified atom stereocenters. The van der Waals surface area contributed by atoms with E-state index in [0.717, 1.165) is 21.5 Å². The second kappa shape index (κ2) is 6.63. The van der Waals surface area contributed by atoms with Crippen LogP contribution in [0.5, 0.6) is 0 Å². The third-order valence-corrected chi connectivity index (χ3v) is 3.31. The lowest BCUT2D eigenvalue weighted by molar-refractivity contribution is 0.128. The topological polar surface area (TPSA) is 47.0 Å². The molecule has 2 aromatic rings. The first-order chi connectivity index (χ1) is 9.24. The van der Waals surface area contributed by atoms with E-state index in [1.54, 1.807) is 0 Å². The fourth-order valence-corrected chi connectivity index (χ4v) is 2.18. The van der Waals surface area contributed by atoms with Gasteiger partial charge in [0.25, 0.3) is 0 Å². The van der Waals surface area contributed by atoms with Crippen LogP contribution in [-0.4, -0.2) is 23.6 Å². The molecule has 0 saturated carbocycles. The molecule has 1 aromatic heterocycles. The summed E-state index contributed by atoms with van der Waals surface area (Å²) in [7, 11) is 1.84. The first-order valence-corrected chi connectivity index (χ1v) is 6.92. The first-order valence-electron chi connectivity index (χ1n) is 6.13. The zero-order valence-corrected chi connectivity index (χ0v) is 12.6. The Hall–Kier alpha value is -1.46. The standard InChI is InChI=1S/C14H16BrN3O/c1-3-19-9-14-17-12(8-13(16-2)18-14)10-6-4-5-7-11(10)15/h4-8H,3,9H2,1-2H3,(H,16,17,18). The van der Waals surface area contributed by atoms with E-state index in [9.17, 15) is 0 Å². The summed E-state index contributed by atoms with van der Waals surface area (Å²) in [6.07, 6.45) is 0. The van der Waals surface area contributed by atoms with Gasteiger partial charge in [-0.2, -0.15) is 0 Å². The van der Waals surface area contributed by atoms with Crippen LogP contribution in [0.4, 0.5) is 5.82 Å². The molecular formula is C14H16BrN3O. The molecule has 0 aliphatic heterocycles. The maximum atomic E-state index is 5.38. The predicted octanol–water partition coefficient (Wildman–Crippen LogP) is 3.48. The van der Waals surface area contributed by atoms with Gasteiger partial charge < -0.3 is 10.1 Å². The van der Waals surface area contributed by atoms with Gasteiger partial charge in [-0.15, -0.1) is 0 Å². The molecule has 19 heavy (non-hydrogen) atoms. The molecule has 1 heterocycles. The maximum Gasteiger partial charge on any atom is 0.157 e. The number of nitrogens with zero attached hydrogens (tertiary/aromatic N) is 2. The lowest BCUT2D eigenvalue weighted by atomic mass is 10.1. The fraction of sp³-hybridized carbons (Fsp3) is 0.286. The molecular weight excluding hydrogens is 306 g/mol. The van der Waals surface area contributed by atoms with E-state index in [1.807, 2.05) is 44.3 Å². The zero-order valence-electron chi connectivity index (χ0n) is 11.0. The molecule has 2 rings (SSSR count). The van der Waals surface area contributed by atoms with Crippen LogP contribution in [0.3, 0.4) is 0 Å². The molecule has 0 spiro atoms. The Bertz CT molecular complexity index is 560. The predicted molar refractivity (Wildman–Crippen MR) is 80.0 cm³/mol. The summed E-state index contributed by atoms with van der Waals surface area (Å²) in [5, 5.41) is 3.05. The van der Waals surface area contributed by atoms with Gasteiger partial charge in [-0.1, -0.05) is 34.1 Å². The Morgan fingerprint density at radius 3 is 2.74 bits per heavy atom. The lowest BCUT2D eigenvalue weighted by Gasteiger charge is -2.09. The molecule has 0 aliphatic carbocycles. The van der Waals surface area contributed by atoms with Crippen LogP contribution in [0.25, 0.3) is 11.3 Å². The Balaban J connectivity index is 2.42. The summed E-state index contributed by atoms with van der Waals surface area (Å²) < 4.78 is 6.39. The van der Waals surface area contributed by atoms with Crippen molar-refractivity contribution >= 4 is 21.7 Å². The highest BCUT2D eigenvalue weighted by atomic mass is 79.9. The minimum Gasteiger partial charge on any atom is -0.374 e. The van der Waals surface area contributed by atoms with E-state index in [1.165, 1.54) is 0 Å². The van der Waals surface area contributed by atoms with Gasteiger partial charge in [-0.3, -0.25) is 0 Å². The van der Waals surface area contributed by atoms with Gasteiger partial charge >= 0.3 is 0 Å². The highest BCUT2D eigenvalue weighted by Gasteiger charge is 2.08.